The van der Waals surface area contributed by atoms with Gasteiger partial charge < -0.3 is 4.84 Å². The van der Waals surface area contributed by atoms with Gasteiger partial charge in [-0.1, -0.05) is 35.0 Å². The van der Waals surface area contributed by atoms with Crippen LogP contribution in [0.3, 0.4) is 0 Å². The van der Waals surface area contributed by atoms with E-state index < -0.39 is 6.10 Å². The molecule has 0 spiro atoms. The van der Waals surface area contributed by atoms with Crippen molar-refractivity contribution in [3.8, 4) is 6.07 Å². The second-order valence-electron chi connectivity index (χ2n) is 2.95. The molecule has 0 aliphatic carbocycles. The monoisotopic (exact) mass is 206 g/mol. The molecule has 0 radical (unpaired) electrons. The van der Waals surface area contributed by atoms with Gasteiger partial charge in [0.15, 0.2) is 0 Å². The number of benzene rings is 1. The maximum atomic E-state index is 8.62. The summed E-state index contributed by atoms with van der Waals surface area (Å²) in [5, 5.41) is 13.1. The lowest BCUT2D eigenvalue weighted by atomic mass is 10.1. The molecule has 3 nitrogen and oxygen atoms in total. The molecule has 1 aromatic rings. The molecule has 0 bridgehead atoms. The Kier molecular flexibility index (Phi) is 2.38. The maximum absolute atomic E-state index is 8.62. The van der Waals surface area contributed by atoms with Gasteiger partial charge in [0.2, 0.25) is 6.10 Å². The van der Waals surface area contributed by atoms with Crippen molar-refractivity contribution in [2.45, 2.75) is 12.5 Å². The van der Waals surface area contributed by atoms with Crippen molar-refractivity contribution in [2.24, 2.45) is 5.16 Å². The predicted molar refractivity (Wildman–Crippen MR) is 53.1 cm³/mol. The zero-order valence-electron chi connectivity index (χ0n) is 7.27. The van der Waals surface area contributed by atoms with Gasteiger partial charge in [0.25, 0.3) is 0 Å². The molecule has 4 heteroatoms. The minimum absolute atomic E-state index is 0.471. The third-order valence-corrected chi connectivity index (χ3v) is 2.33. The zero-order chi connectivity index (χ0) is 9.97. The second-order valence-corrected chi connectivity index (χ2v) is 3.35. The van der Waals surface area contributed by atoms with Crippen molar-refractivity contribution in [3.05, 3.63) is 34.9 Å². The van der Waals surface area contributed by atoms with Gasteiger partial charge in [0.05, 0.1) is 5.71 Å². The van der Waals surface area contributed by atoms with Crippen molar-refractivity contribution in [2.75, 3.05) is 0 Å². The Labute approximate surface area is 86.5 Å². The number of halogens is 1. The molecule has 14 heavy (non-hydrogen) atoms. The average molecular weight is 207 g/mol. The first-order valence-electron chi connectivity index (χ1n) is 4.18. The molecular weight excluding hydrogens is 200 g/mol. The van der Waals surface area contributed by atoms with Crippen LogP contribution < -0.4 is 0 Å². The molecule has 1 atom stereocenters. The first-order chi connectivity index (χ1) is 6.81. The molecule has 1 aliphatic rings. The fourth-order valence-corrected chi connectivity index (χ4v) is 1.55. The summed E-state index contributed by atoms with van der Waals surface area (Å²) in [5.74, 6) is 0. The largest absolute Gasteiger partial charge is 0.376 e. The van der Waals surface area contributed by atoms with Crippen LogP contribution >= 0.6 is 11.6 Å². The fraction of sp³-hybridized carbons (Fsp3) is 0.200. The number of hydrogen-bond donors (Lipinski definition) is 0. The second kappa shape index (κ2) is 3.69. The molecule has 0 amide bonds. The standard InChI is InChI=1S/C10H7ClN2O/c11-9-4-2-1-3-8(9)10-5-7(6-12)14-13-10/h1-4,7H,5H2. The van der Waals surface area contributed by atoms with E-state index in [2.05, 4.69) is 5.16 Å². The van der Waals surface area contributed by atoms with Gasteiger partial charge in [-0.2, -0.15) is 5.26 Å². The van der Waals surface area contributed by atoms with Gasteiger partial charge >= 0.3 is 0 Å². The average Bonchev–Trinajstić information content (AvgIpc) is 2.67. The lowest BCUT2D eigenvalue weighted by Gasteiger charge is -2.00. The van der Waals surface area contributed by atoms with Crippen molar-refractivity contribution < 1.29 is 4.84 Å². The molecule has 2 rings (SSSR count). The number of hydrogen-bond acceptors (Lipinski definition) is 3. The third kappa shape index (κ3) is 1.57. The van der Waals surface area contributed by atoms with E-state index >= 15 is 0 Å². The summed E-state index contributed by atoms with van der Waals surface area (Å²) >= 11 is 5.98. The molecule has 0 saturated heterocycles. The maximum Gasteiger partial charge on any atom is 0.218 e. The van der Waals surface area contributed by atoms with Gasteiger partial charge in [-0.15, -0.1) is 0 Å². The third-order valence-electron chi connectivity index (χ3n) is 2.00. The molecule has 1 unspecified atom stereocenters. The summed E-state index contributed by atoms with van der Waals surface area (Å²) in [6, 6.07) is 9.39. The van der Waals surface area contributed by atoms with Crippen LogP contribution in [-0.2, 0) is 4.84 Å². The van der Waals surface area contributed by atoms with Crippen molar-refractivity contribution >= 4 is 17.3 Å². The normalized spacial score (nSPS) is 19.7. The molecule has 0 fully saturated rings. The zero-order valence-corrected chi connectivity index (χ0v) is 8.03. The highest BCUT2D eigenvalue weighted by Gasteiger charge is 2.22. The molecule has 0 saturated carbocycles. The molecule has 1 heterocycles. The van der Waals surface area contributed by atoms with Crippen LogP contribution in [-0.4, -0.2) is 11.8 Å². The first kappa shape index (κ1) is 9.04. The van der Waals surface area contributed by atoms with Crippen LogP contribution in [0.25, 0.3) is 0 Å². The Morgan fingerprint density at radius 2 is 2.29 bits per heavy atom. The Morgan fingerprint density at radius 3 is 2.93 bits per heavy atom. The SMILES string of the molecule is N#CC1CC(c2ccccc2Cl)=NO1. The van der Waals surface area contributed by atoms with E-state index in [1.807, 2.05) is 24.3 Å². The summed E-state index contributed by atoms with van der Waals surface area (Å²) in [7, 11) is 0. The van der Waals surface area contributed by atoms with Crippen LogP contribution in [0.5, 0.6) is 0 Å². The topological polar surface area (TPSA) is 45.4 Å². The smallest absolute Gasteiger partial charge is 0.218 e. The van der Waals surface area contributed by atoms with E-state index in [0.717, 1.165) is 11.3 Å². The Bertz CT molecular complexity index is 422. The summed E-state index contributed by atoms with van der Waals surface area (Å²) < 4.78 is 0. The highest BCUT2D eigenvalue weighted by molar-refractivity contribution is 6.34. The van der Waals surface area contributed by atoms with Crippen molar-refractivity contribution in [1.82, 2.24) is 0 Å². The molecule has 70 valence electrons. The molecular formula is C10H7ClN2O. The van der Waals surface area contributed by atoms with Gasteiger partial charge in [0, 0.05) is 17.0 Å². The van der Waals surface area contributed by atoms with E-state index in [-0.39, 0.29) is 0 Å². The molecule has 0 N–H and O–H groups in total. The van der Waals surface area contributed by atoms with Gasteiger partial charge in [0.1, 0.15) is 6.07 Å². The van der Waals surface area contributed by atoms with E-state index in [0.29, 0.717) is 11.4 Å². The number of nitrogens with zero attached hydrogens (tertiary/aromatic N) is 2. The van der Waals surface area contributed by atoms with Crippen LogP contribution in [0.1, 0.15) is 12.0 Å². The summed E-state index contributed by atoms with van der Waals surface area (Å²) in [6.07, 6.45) is 0.0292. The molecule has 1 aliphatic heterocycles. The first-order valence-corrected chi connectivity index (χ1v) is 4.56. The lowest BCUT2D eigenvalue weighted by Crippen LogP contribution is -2.05. The summed E-state index contributed by atoms with van der Waals surface area (Å²) in [6.45, 7) is 0. The van der Waals surface area contributed by atoms with E-state index in [1.54, 1.807) is 6.07 Å². The van der Waals surface area contributed by atoms with E-state index in [9.17, 15) is 0 Å². The Morgan fingerprint density at radius 1 is 1.50 bits per heavy atom. The van der Waals surface area contributed by atoms with Crippen LogP contribution in [0.15, 0.2) is 29.4 Å². The number of nitriles is 1. The van der Waals surface area contributed by atoms with Crippen molar-refractivity contribution in [3.63, 3.8) is 0 Å². The van der Waals surface area contributed by atoms with E-state index in [4.69, 9.17) is 21.7 Å². The van der Waals surface area contributed by atoms with E-state index in [1.165, 1.54) is 0 Å². The number of oxime groups is 1. The van der Waals surface area contributed by atoms with Crippen LogP contribution in [0.2, 0.25) is 5.02 Å². The minimum Gasteiger partial charge on any atom is -0.376 e. The van der Waals surface area contributed by atoms with Crippen molar-refractivity contribution in [1.29, 1.82) is 5.26 Å². The molecule has 1 aromatic carbocycles. The minimum atomic E-state index is -0.471. The predicted octanol–water partition coefficient (Wildman–Crippen LogP) is 2.36. The quantitative estimate of drug-likeness (QED) is 0.708. The van der Waals surface area contributed by atoms with Gasteiger partial charge in [-0.05, 0) is 6.07 Å². The fourth-order valence-electron chi connectivity index (χ4n) is 1.30. The Balaban J connectivity index is 2.27. The highest BCUT2D eigenvalue weighted by atomic mass is 35.5. The highest BCUT2D eigenvalue weighted by Crippen LogP contribution is 2.22. The molecule has 0 aromatic heterocycles. The number of rotatable bonds is 1. The van der Waals surface area contributed by atoms with Gasteiger partial charge in [-0.25, -0.2) is 0 Å². The summed E-state index contributed by atoms with van der Waals surface area (Å²) in [4.78, 5) is 4.89. The van der Waals surface area contributed by atoms with Crippen LogP contribution in [0, 0.1) is 11.3 Å². The summed E-state index contributed by atoms with van der Waals surface area (Å²) in [5.41, 5.74) is 1.58. The Hall–Kier alpha value is -1.53. The lowest BCUT2D eigenvalue weighted by molar-refractivity contribution is 0.125. The van der Waals surface area contributed by atoms with Gasteiger partial charge in [-0.3, -0.25) is 0 Å². The van der Waals surface area contributed by atoms with Crippen LogP contribution in [0.4, 0.5) is 0 Å².